The van der Waals surface area contributed by atoms with Crippen LogP contribution in [0.15, 0.2) is 78.5 Å². The maximum atomic E-state index is 4.27. The summed E-state index contributed by atoms with van der Waals surface area (Å²) in [5, 5.41) is 13.5. The fourth-order valence-electron chi connectivity index (χ4n) is 2.64. The van der Waals surface area contributed by atoms with Crippen LogP contribution in [0.4, 0.5) is 0 Å². The zero-order chi connectivity index (χ0) is 17.1. The molecule has 0 N–H and O–H groups in total. The highest BCUT2D eigenvalue weighted by Crippen LogP contribution is 2.25. The lowest BCUT2D eigenvalue weighted by Crippen LogP contribution is -1.98. The van der Waals surface area contributed by atoms with E-state index in [1.807, 2.05) is 33.6 Å². The predicted molar refractivity (Wildman–Crippen MR) is 99.2 cm³/mol. The molecule has 0 saturated carbocycles. The van der Waals surface area contributed by atoms with Crippen molar-refractivity contribution in [2.75, 3.05) is 0 Å². The molecule has 2 aromatic heterocycles. The Morgan fingerprint density at radius 2 is 1.84 bits per heavy atom. The van der Waals surface area contributed by atoms with Gasteiger partial charge in [-0.2, -0.15) is 5.10 Å². The van der Waals surface area contributed by atoms with Crippen LogP contribution in [0.25, 0.3) is 11.4 Å². The van der Waals surface area contributed by atoms with E-state index in [0.29, 0.717) is 0 Å². The van der Waals surface area contributed by atoms with Crippen molar-refractivity contribution in [1.82, 2.24) is 24.5 Å². The first-order valence-corrected chi connectivity index (χ1v) is 8.97. The van der Waals surface area contributed by atoms with Crippen LogP contribution < -0.4 is 0 Å². The third-order valence-electron chi connectivity index (χ3n) is 3.96. The van der Waals surface area contributed by atoms with Gasteiger partial charge in [0.25, 0.3) is 0 Å². The minimum absolute atomic E-state index is 0.837. The lowest BCUT2D eigenvalue weighted by molar-refractivity contribution is 0.876. The molecule has 124 valence electrons. The molecule has 0 aliphatic rings. The molecule has 0 atom stereocenters. The molecule has 5 nitrogen and oxygen atoms in total. The lowest BCUT2D eigenvalue weighted by atomic mass is 10.2. The number of nitrogens with zero attached hydrogens (tertiary/aromatic N) is 5. The third-order valence-corrected chi connectivity index (χ3v) is 4.98. The van der Waals surface area contributed by atoms with Crippen molar-refractivity contribution < 1.29 is 0 Å². The van der Waals surface area contributed by atoms with Crippen molar-refractivity contribution in [2.24, 2.45) is 0 Å². The van der Waals surface area contributed by atoms with E-state index < -0.39 is 0 Å². The molecule has 4 aromatic rings. The molecule has 0 unspecified atom stereocenters. The fourth-order valence-corrected chi connectivity index (χ4v) is 3.51. The van der Waals surface area contributed by atoms with Crippen LogP contribution in [0.1, 0.15) is 11.1 Å². The van der Waals surface area contributed by atoms with Gasteiger partial charge in [-0.1, -0.05) is 42.1 Å². The van der Waals surface area contributed by atoms with Gasteiger partial charge in [0.15, 0.2) is 5.16 Å². The Labute approximate surface area is 150 Å². The molecule has 2 heterocycles. The molecule has 25 heavy (non-hydrogen) atoms. The van der Waals surface area contributed by atoms with Gasteiger partial charge >= 0.3 is 0 Å². The average molecular weight is 347 g/mol. The summed E-state index contributed by atoms with van der Waals surface area (Å²) < 4.78 is 3.89. The third kappa shape index (κ3) is 3.34. The van der Waals surface area contributed by atoms with Gasteiger partial charge in [-0.3, -0.25) is 4.57 Å². The molecule has 0 amide bonds. The number of hydrogen-bond donors (Lipinski definition) is 0. The van der Waals surface area contributed by atoms with E-state index in [-0.39, 0.29) is 0 Å². The second kappa shape index (κ2) is 6.94. The van der Waals surface area contributed by atoms with E-state index in [4.69, 9.17) is 0 Å². The number of hydrogen-bond acceptors (Lipinski definition) is 4. The topological polar surface area (TPSA) is 48.5 Å². The Kier molecular flexibility index (Phi) is 4.35. The van der Waals surface area contributed by atoms with E-state index in [0.717, 1.165) is 22.3 Å². The number of benzene rings is 2. The Balaban J connectivity index is 1.49. The predicted octanol–water partition coefficient (Wildman–Crippen LogP) is 4.05. The molecule has 0 bridgehead atoms. The normalized spacial score (nSPS) is 10.9. The second-order valence-electron chi connectivity index (χ2n) is 5.68. The Morgan fingerprint density at radius 3 is 2.60 bits per heavy atom. The lowest BCUT2D eigenvalue weighted by Gasteiger charge is -2.09. The molecule has 2 aromatic carbocycles. The van der Waals surface area contributed by atoms with Crippen molar-refractivity contribution in [1.29, 1.82) is 0 Å². The fraction of sp³-hybridized carbons (Fsp3) is 0.105. The first-order chi connectivity index (χ1) is 12.3. The average Bonchev–Trinajstić information content (AvgIpc) is 3.33. The van der Waals surface area contributed by atoms with Crippen molar-refractivity contribution in [2.45, 2.75) is 17.8 Å². The van der Waals surface area contributed by atoms with Gasteiger partial charge in [-0.05, 0) is 42.3 Å². The quantitative estimate of drug-likeness (QED) is 0.511. The molecule has 4 rings (SSSR count). The molecule has 0 fully saturated rings. The van der Waals surface area contributed by atoms with Crippen LogP contribution in [0.3, 0.4) is 0 Å². The van der Waals surface area contributed by atoms with Crippen molar-refractivity contribution >= 4 is 11.8 Å². The Morgan fingerprint density at radius 1 is 1.00 bits per heavy atom. The number of aromatic nitrogens is 5. The molecule has 0 aliphatic carbocycles. The number of thioether (sulfide) groups is 1. The Hall–Kier alpha value is -2.86. The van der Waals surface area contributed by atoms with Crippen LogP contribution in [0.5, 0.6) is 0 Å². The van der Waals surface area contributed by atoms with E-state index >= 15 is 0 Å². The van der Waals surface area contributed by atoms with Crippen LogP contribution in [-0.2, 0) is 5.75 Å². The van der Waals surface area contributed by atoms with Gasteiger partial charge < -0.3 is 0 Å². The van der Waals surface area contributed by atoms with Gasteiger partial charge in [0.05, 0.1) is 11.4 Å². The van der Waals surface area contributed by atoms with E-state index in [1.165, 1.54) is 11.1 Å². The summed E-state index contributed by atoms with van der Waals surface area (Å²) in [4.78, 5) is 0. The van der Waals surface area contributed by atoms with Crippen LogP contribution >= 0.6 is 11.8 Å². The smallest absolute Gasteiger partial charge is 0.195 e. The largest absolute Gasteiger partial charge is 0.276 e. The molecular weight excluding hydrogens is 330 g/mol. The summed E-state index contributed by atoms with van der Waals surface area (Å²) in [7, 11) is 0. The van der Waals surface area contributed by atoms with Gasteiger partial charge in [0.1, 0.15) is 6.33 Å². The number of aryl methyl sites for hydroxylation is 1. The molecule has 6 heteroatoms. The maximum absolute atomic E-state index is 4.27. The highest BCUT2D eigenvalue weighted by molar-refractivity contribution is 7.98. The summed E-state index contributed by atoms with van der Waals surface area (Å²) >= 11 is 1.68. The summed E-state index contributed by atoms with van der Waals surface area (Å²) in [5.74, 6) is 0.837. The first-order valence-electron chi connectivity index (χ1n) is 7.99. The minimum atomic E-state index is 0.837. The van der Waals surface area contributed by atoms with Crippen molar-refractivity contribution in [3.63, 3.8) is 0 Å². The SMILES string of the molecule is Cc1ccccc1-n1cnnc1SCc1ccc(-n2cccn2)cc1. The first kappa shape index (κ1) is 15.7. The summed E-state index contributed by atoms with van der Waals surface area (Å²) in [6.45, 7) is 2.10. The van der Waals surface area contributed by atoms with Crippen molar-refractivity contribution in [3.8, 4) is 11.4 Å². The van der Waals surface area contributed by atoms with E-state index in [9.17, 15) is 0 Å². The standard InChI is InChI=1S/C19H17N5S/c1-15-5-2-3-6-18(15)23-14-20-22-19(23)25-13-16-7-9-17(10-8-16)24-12-4-11-21-24/h2-12,14H,13H2,1H3. The van der Waals surface area contributed by atoms with E-state index in [2.05, 4.69) is 58.6 Å². The number of rotatable bonds is 5. The zero-order valence-corrected chi connectivity index (χ0v) is 14.6. The molecule has 0 aliphatic heterocycles. The van der Waals surface area contributed by atoms with Gasteiger partial charge in [-0.15, -0.1) is 10.2 Å². The summed E-state index contributed by atoms with van der Waals surface area (Å²) in [6.07, 6.45) is 5.49. The second-order valence-corrected chi connectivity index (χ2v) is 6.62. The summed E-state index contributed by atoms with van der Waals surface area (Å²) in [6, 6.07) is 18.6. The highest BCUT2D eigenvalue weighted by atomic mass is 32.2. The molecule has 0 spiro atoms. The van der Waals surface area contributed by atoms with Crippen LogP contribution in [0, 0.1) is 6.92 Å². The minimum Gasteiger partial charge on any atom is -0.276 e. The molecular formula is C19H17N5S. The monoisotopic (exact) mass is 347 g/mol. The van der Waals surface area contributed by atoms with Gasteiger partial charge in [0.2, 0.25) is 0 Å². The molecule has 0 saturated heterocycles. The molecule has 0 radical (unpaired) electrons. The summed E-state index contributed by atoms with van der Waals surface area (Å²) in [5.41, 5.74) is 4.61. The highest BCUT2D eigenvalue weighted by Gasteiger charge is 2.09. The van der Waals surface area contributed by atoms with Crippen LogP contribution in [-0.4, -0.2) is 24.5 Å². The van der Waals surface area contributed by atoms with Gasteiger partial charge in [-0.25, -0.2) is 4.68 Å². The van der Waals surface area contributed by atoms with Crippen LogP contribution in [0.2, 0.25) is 0 Å². The van der Waals surface area contributed by atoms with E-state index in [1.54, 1.807) is 24.3 Å². The number of para-hydroxylation sites is 1. The van der Waals surface area contributed by atoms with Gasteiger partial charge in [0, 0.05) is 18.1 Å². The zero-order valence-electron chi connectivity index (χ0n) is 13.8. The Bertz CT molecular complexity index is 958. The maximum Gasteiger partial charge on any atom is 0.195 e. The van der Waals surface area contributed by atoms with Crippen molar-refractivity contribution in [3.05, 3.63) is 84.4 Å².